The van der Waals surface area contributed by atoms with Crippen molar-refractivity contribution >= 4 is 47.0 Å². The molecule has 2 heteroatoms. The summed E-state index contributed by atoms with van der Waals surface area (Å²) in [5.74, 6) is 0. The van der Waals surface area contributed by atoms with Crippen molar-refractivity contribution in [3.05, 3.63) is 0 Å². The third kappa shape index (κ3) is 9.35. The van der Waals surface area contributed by atoms with Crippen molar-refractivity contribution in [1.82, 2.24) is 0 Å². The van der Waals surface area contributed by atoms with Gasteiger partial charge in [-0.2, -0.15) is 0 Å². The quantitative estimate of drug-likeness (QED) is 0.299. The second kappa shape index (κ2) is 8.83. The van der Waals surface area contributed by atoms with Crippen LogP contribution in [0.25, 0.3) is 0 Å². The molecule has 0 N–H and O–H groups in total. The first-order valence-electron chi connectivity index (χ1n) is 1.12. The molecule has 1 unspecified atom stereocenters. The first-order valence-corrected chi connectivity index (χ1v) is 1.93. The minimum absolute atomic E-state index is 0. The summed E-state index contributed by atoms with van der Waals surface area (Å²) in [5, 5.41) is 0. The van der Waals surface area contributed by atoms with E-state index < -0.39 is 0 Å². The van der Waals surface area contributed by atoms with Gasteiger partial charge in [0.15, 0.2) is 0 Å². The van der Waals surface area contributed by atoms with Gasteiger partial charge in [-0.05, 0) is 6.16 Å². The van der Waals surface area contributed by atoms with Gasteiger partial charge in [0.1, 0.15) is 0 Å². The maximum absolute atomic E-state index is 2.58. The van der Waals surface area contributed by atoms with Gasteiger partial charge >= 0.3 is 37.7 Å². The molecule has 1 atom stereocenters. The molecule has 0 aliphatic carbocycles. The van der Waals surface area contributed by atoms with Gasteiger partial charge in [0.05, 0.1) is 0 Å². The molecular weight excluding hydrogens is 95.1 g/mol. The molecule has 0 aromatic carbocycles. The number of hydrogen-bond acceptors (Lipinski definition) is 0. The standard InChI is InChI=1S/C2H7P.Ca.2H/c1-2-3;;;/h2-3H2,1H3;;;. The van der Waals surface area contributed by atoms with Crippen molar-refractivity contribution in [3.63, 3.8) is 0 Å². The fourth-order valence-electron chi connectivity index (χ4n) is 0. The molecule has 0 nitrogen and oxygen atoms in total. The van der Waals surface area contributed by atoms with Crippen LogP contribution >= 0.6 is 9.24 Å². The molecule has 0 saturated carbocycles. The van der Waals surface area contributed by atoms with Crippen LogP contribution in [0.2, 0.25) is 0 Å². The van der Waals surface area contributed by atoms with Crippen LogP contribution in [0.1, 0.15) is 6.92 Å². The third-order valence-electron chi connectivity index (χ3n) is 0. The Bertz CT molecular complexity index is 6.00. The second-order valence-electron chi connectivity index (χ2n) is 0.408. The fourth-order valence-corrected chi connectivity index (χ4v) is 0. The fraction of sp³-hybridized carbons (Fsp3) is 1.00. The average molecular weight is 104 g/mol. The third-order valence-corrected chi connectivity index (χ3v) is 0. The number of rotatable bonds is 0. The minimum atomic E-state index is 0. The molecule has 0 radical (unpaired) electrons. The molecule has 4 heavy (non-hydrogen) atoms. The summed E-state index contributed by atoms with van der Waals surface area (Å²) in [6.45, 7) is 2.09. The van der Waals surface area contributed by atoms with E-state index in [9.17, 15) is 0 Å². The van der Waals surface area contributed by atoms with Gasteiger partial charge in [-0.3, -0.25) is 0 Å². The van der Waals surface area contributed by atoms with Crippen molar-refractivity contribution in [3.8, 4) is 0 Å². The molecule has 0 fully saturated rings. The topological polar surface area (TPSA) is 0 Å². The molecule has 0 rings (SSSR count). The summed E-state index contributed by atoms with van der Waals surface area (Å²) in [7, 11) is 2.58. The van der Waals surface area contributed by atoms with Gasteiger partial charge in [-0.25, -0.2) is 0 Å². The maximum atomic E-state index is 2.58. The van der Waals surface area contributed by atoms with Crippen molar-refractivity contribution in [2.24, 2.45) is 0 Å². The summed E-state index contributed by atoms with van der Waals surface area (Å²) in [6, 6.07) is 0. The molecule has 0 saturated heterocycles. The second-order valence-corrected chi connectivity index (χ2v) is 1.22. The van der Waals surface area contributed by atoms with Crippen molar-refractivity contribution < 1.29 is 0 Å². The summed E-state index contributed by atoms with van der Waals surface area (Å²) in [5.41, 5.74) is 0. The van der Waals surface area contributed by atoms with Crippen LogP contribution in [0.15, 0.2) is 0 Å². The normalized spacial score (nSPS) is 4.50. The Labute approximate surface area is 59.5 Å². The summed E-state index contributed by atoms with van der Waals surface area (Å²) >= 11 is 0. The van der Waals surface area contributed by atoms with E-state index in [-0.39, 0.29) is 37.7 Å². The van der Waals surface area contributed by atoms with Crippen LogP contribution in [0.3, 0.4) is 0 Å². The molecule has 0 aliphatic rings. The molecule has 0 bridgehead atoms. The zero-order valence-electron chi connectivity index (χ0n) is 2.28. The summed E-state index contributed by atoms with van der Waals surface area (Å²) in [6.07, 6.45) is 1.17. The Morgan fingerprint density at radius 2 is 1.75 bits per heavy atom. The van der Waals surface area contributed by atoms with E-state index in [2.05, 4.69) is 16.2 Å². The Kier molecular flexibility index (Phi) is 20.3. The van der Waals surface area contributed by atoms with Crippen molar-refractivity contribution in [1.29, 1.82) is 0 Å². The monoisotopic (exact) mass is 104 g/mol. The van der Waals surface area contributed by atoms with Crippen LogP contribution in [-0.2, 0) is 0 Å². The molecular formula is C2H9CaP. The van der Waals surface area contributed by atoms with Gasteiger partial charge in [-0.15, -0.1) is 9.24 Å². The van der Waals surface area contributed by atoms with Crippen LogP contribution < -0.4 is 0 Å². The van der Waals surface area contributed by atoms with E-state index in [0.717, 1.165) is 0 Å². The summed E-state index contributed by atoms with van der Waals surface area (Å²) < 4.78 is 0. The molecule has 0 amide bonds. The van der Waals surface area contributed by atoms with Crippen LogP contribution in [0, 0.1) is 0 Å². The molecule has 0 spiro atoms. The Morgan fingerprint density at radius 3 is 1.75 bits per heavy atom. The SMILES string of the molecule is CCP.[CaH2]. The Balaban J connectivity index is 0. The van der Waals surface area contributed by atoms with Crippen molar-refractivity contribution in [2.75, 3.05) is 6.16 Å². The van der Waals surface area contributed by atoms with Gasteiger partial charge in [-0.1, -0.05) is 6.92 Å². The first kappa shape index (κ1) is 9.19. The molecule has 0 aromatic rings. The molecule has 24 valence electrons. The Morgan fingerprint density at radius 1 is 1.75 bits per heavy atom. The average Bonchev–Trinajstić information content (AvgIpc) is 0.918. The van der Waals surface area contributed by atoms with Gasteiger partial charge in [0.25, 0.3) is 0 Å². The molecule has 0 heterocycles. The van der Waals surface area contributed by atoms with Crippen LogP contribution in [0.4, 0.5) is 0 Å². The number of hydrogen-bond donors (Lipinski definition) is 0. The van der Waals surface area contributed by atoms with Gasteiger partial charge < -0.3 is 0 Å². The molecule has 0 aliphatic heterocycles. The van der Waals surface area contributed by atoms with Crippen LogP contribution in [-0.4, -0.2) is 43.9 Å². The zero-order chi connectivity index (χ0) is 2.71. The van der Waals surface area contributed by atoms with E-state index in [1.165, 1.54) is 6.16 Å². The Hall–Kier alpha value is 1.69. The zero-order valence-corrected chi connectivity index (χ0v) is 3.44. The van der Waals surface area contributed by atoms with E-state index in [4.69, 9.17) is 0 Å². The summed E-state index contributed by atoms with van der Waals surface area (Å²) in [4.78, 5) is 0. The predicted molar refractivity (Wildman–Crippen MR) is 28.8 cm³/mol. The van der Waals surface area contributed by atoms with Gasteiger partial charge in [0.2, 0.25) is 0 Å². The van der Waals surface area contributed by atoms with E-state index in [1.807, 2.05) is 0 Å². The first-order chi connectivity index (χ1) is 1.41. The van der Waals surface area contributed by atoms with E-state index in [1.54, 1.807) is 0 Å². The van der Waals surface area contributed by atoms with Gasteiger partial charge in [0, 0.05) is 0 Å². The van der Waals surface area contributed by atoms with Crippen LogP contribution in [0.5, 0.6) is 0 Å². The van der Waals surface area contributed by atoms with E-state index >= 15 is 0 Å². The predicted octanol–water partition coefficient (Wildman–Crippen LogP) is -0.0348. The van der Waals surface area contributed by atoms with Crippen molar-refractivity contribution in [2.45, 2.75) is 6.92 Å². The van der Waals surface area contributed by atoms with E-state index in [0.29, 0.717) is 0 Å². The molecule has 0 aromatic heterocycles.